The van der Waals surface area contributed by atoms with E-state index in [2.05, 4.69) is 19.9 Å². The van der Waals surface area contributed by atoms with E-state index in [1.54, 1.807) is 18.6 Å². The standard InChI is InChI=1S/C11H12ClN5O/c1-17(7-8-5-13-3-4-14-8)10-9(12)6-15-11(16-10)18-2/h3-6H,7H2,1-2H3. The van der Waals surface area contributed by atoms with E-state index in [1.165, 1.54) is 13.3 Å². The summed E-state index contributed by atoms with van der Waals surface area (Å²) in [7, 11) is 3.37. The third kappa shape index (κ3) is 2.84. The maximum absolute atomic E-state index is 6.06. The van der Waals surface area contributed by atoms with Crippen molar-refractivity contribution in [3.05, 3.63) is 35.5 Å². The zero-order valence-corrected chi connectivity index (χ0v) is 10.8. The van der Waals surface area contributed by atoms with Crippen molar-refractivity contribution >= 4 is 17.4 Å². The van der Waals surface area contributed by atoms with Crippen LogP contribution in [0.3, 0.4) is 0 Å². The summed E-state index contributed by atoms with van der Waals surface area (Å²) in [5.74, 6) is 0.592. The van der Waals surface area contributed by atoms with Gasteiger partial charge in [0.25, 0.3) is 0 Å². The molecular weight excluding hydrogens is 254 g/mol. The molecule has 0 bridgehead atoms. The highest BCUT2D eigenvalue weighted by Gasteiger charge is 2.11. The van der Waals surface area contributed by atoms with E-state index in [0.29, 0.717) is 17.4 Å². The number of hydrogen-bond donors (Lipinski definition) is 0. The Morgan fingerprint density at radius 3 is 2.78 bits per heavy atom. The number of halogens is 1. The third-order valence-electron chi connectivity index (χ3n) is 2.26. The van der Waals surface area contributed by atoms with Crippen LogP contribution >= 0.6 is 11.6 Å². The fraction of sp³-hybridized carbons (Fsp3) is 0.273. The van der Waals surface area contributed by atoms with Crippen molar-refractivity contribution in [1.29, 1.82) is 0 Å². The Morgan fingerprint density at radius 1 is 1.28 bits per heavy atom. The van der Waals surface area contributed by atoms with Gasteiger partial charge in [-0.1, -0.05) is 11.6 Å². The Labute approximate surface area is 110 Å². The van der Waals surface area contributed by atoms with Gasteiger partial charge in [-0.25, -0.2) is 4.98 Å². The Hall–Kier alpha value is -1.95. The molecule has 0 amide bonds. The molecule has 0 unspecified atom stereocenters. The largest absolute Gasteiger partial charge is 0.467 e. The van der Waals surface area contributed by atoms with Crippen LogP contribution in [-0.2, 0) is 6.54 Å². The summed E-state index contributed by atoms with van der Waals surface area (Å²) in [5.41, 5.74) is 0.827. The van der Waals surface area contributed by atoms with Crippen LogP contribution < -0.4 is 9.64 Å². The number of aromatic nitrogens is 4. The lowest BCUT2D eigenvalue weighted by Crippen LogP contribution is -2.19. The van der Waals surface area contributed by atoms with E-state index in [-0.39, 0.29) is 6.01 Å². The molecule has 2 heterocycles. The zero-order chi connectivity index (χ0) is 13.0. The molecule has 0 aliphatic rings. The number of ether oxygens (including phenoxy) is 1. The van der Waals surface area contributed by atoms with Crippen LogP contribution in [0.2, 0.25) is 5.02 Å². The second kappa shape index (κ2) is 5.59. The molecule has 0 saturated heterocycles. The predicted molar refractivity (Wildman–Crippen MR) is 67.7 cm³/mol. The highest BCUT2D eigenvalue weighted by Crippen LogP contribution is 2.24. The van der Waals surface area contributed by atoms with Crippen molar-refractivity contribution in [3.63, 3.8) is 0 Å². The van der Waals surface area contributed by atoms with Crippen molar-refractivity contribution in [1.82, 2.24) is 19.9 Å². The average Bonchev–Trinajstić information content (AvgIpc) is 2.40. The van der Waals surface area contributed by atoms with Crippen molar-refractivity contribution in [2.45, 2.75) is 6.54 Å². The second-order valence-electron chi connectivity index (χ2n) is 3.58. The first-order chi connectivity index (χ1) is 8.70. The quantitative estimate of drug-likeness (QED) is 0.836. The van der Waals surface area contributed by atoms with Crippen molar-refractivity contribution in [3.8, 4) is 6.01 Å². The summed E-state index contributed by atoms with van der Waals surface area (Å²) in [4.78, 5) is 18.2. The highest BCUT2D eigenvalue weighted by molar-refractivity contribution is 6.32. The molecule has 2 rings (SSSR count). The molecule has 0 radical (unpaired) electrons. The number of nitrogens with zero attached hydrogens (tertiary/aromatic N) is 5. The second-order valence-corrected chi connectivity index (χ2v) is 3.99. The molecule has 2 aromatic rings. The van der Waals surface area contributed by atoms with Gasteiger partial charge < -0.3 is 9.64 Å². The van der Waals surface area contributed by atoms with Crippen LogP contribution in [-0.4, -0.2) is 34.1 Å². The van der Waals surface area contributed by atoms with Crippen LogP contribution in [0.1, 0.15) is 5.69 Å². The lowest BCUT2D eigenvalue weighted by Gasteiger charge is -2.18. The number of rotatable bonds is 4. The molecule has 0 N–H and O–H groups in total. The summed E-state index contributed by atoms with van der Waals surface area (Å²) in [5, 5.41) is 0.460. The smallest absolute Gasteiger partial charge is 0.318 e. The molecule has 0 spiro atoms. The first kappa shape index (κ1) is 12.5. The van der Waals surface area contributed by atoms with Gasteiger partial charge in [-0.3, -0.25) is 9.97 Å². The van der Waals surface area contributed by atoms with Crippen LogP contribution in [0, 0.1) is 0 Å². The molecule has 0 aliphatic heterocycles. The van der Waals surface area contributed by atoms with Gasteiger partial charge in [0.2, 0.25) is 0 Å². The maximum Gasteiger partial charge on any atom is 0.318 e. The normalized spacial score (nSPS) is 10.2. The molecule has 7 heteroatoms. The van der Waals surface area contributed by atoms with Gasteiger partial charge in [0.1, 0.15) is 5.02 Å². The van der Waals surface area contributed by atoms with Gasteiger partial charge >= 0.3 is 6.01 Å². The average molecular weight is 266 g/mol. The molecule has 18 heavy (non-hydrogen) atoms. The first-order valence-corrected chi connectivity index (χ1v) is 5.61. The van der Waals surface area contributed by atoms with E-state index in [9.17, 15) is 0 Å². The maximum atomic E-state index is 6.06. The van der Waals surface area contributed by atoms with Crippen LogP contribution in [0.5, 0.6) is 6.01 Å². The van der Waals surface area contributed by atoms with Crippen LogP contribution in [0.4, 0.5) is 5.82 Å². The van der Waals surface area contributed by atoms with Gasteiger partial charge in [0, 0.05) is 19.4 Å². The number of anilines is 1. The van der Waals surface area contributed by atoms with E-state index < -0.39 is 0 Å². The fourth-order valence-corrected chi connectivity index (χ4v) is 1.67. The lowest BCUT2D eigenvalue weighted by atomic mass is 10.4. The number of hydrogen-bond acceptors (Lipinski definition) is 6. The molecule has 0 fully saturated rings. The minimum Gasteiger partial charge on any atom is -0.467 e. The van der Waals surface area contributed by atoms with E-state index in [4.69, 9.17) is 16.3 Å². The Kier molecular flexibility index (Phi) is 3.88. The highest BCUT2D eigenvalue weighted by atomic mass is 35.5. The SMILES string of the molecule is COc1ncc(Cl)c(N(C)Cc2cnccn2)n1. The summed E-state index contributed by atoms with van der Waals surface area (Å²) >= 11 is 6.06. The van der Waals surface area contributed by atoms with Crippen molar-refractivity contribution in [2.75, 3.05) is 19.1 Å². The molecule has 0 atom stereocenters. The van der Waals surface area contributed by atoms with Gasteiger partial charge in [-0.15, -0.1) is 0 Å². The first-order valence-electron chi connectivity index (χ1n) is 5.23. The molecular formula is C11H12ClN5O. The van der Waals surface area contributed by atoms with Crippen LogP contribution in [0.25, 0.3) is 0 Å². The molecule has 6 nitrogen and oxygen atoms in total. The Morgan fingerprint density at radius 2 is 2.11 bits per heavy atom. The Bertz CT molecular complexity index is 522. The molecule has 94 valence electrons. The summed E-state index contributed by atoms with van der Waals surface area (Å²) < 4.78 is 4.97. The molecule has 2 aromatic heterocycles. The summed E-state index contributed by atoms with van der Waals surface area (Å²) in [6.07, 6.45) is 6.48. The van der Waals surface area contributed by atoms with E-state index in [0.717, 1.165) is 5.69 Å². The minimum atomic E-state index is 0.278. The molecule has 0 saturated carbocycles. The number of methoxy groups -OCH3 is 1. The fourth-order valence-electron chi connectivity index (χ4n) is 1.44. The van der Waals surface area contributed by atoms with Crippen molar-refractivity contribution < 1.29 is 4.74 Å². The van der Waals surface area contributed by atoms with Gasteiger partial charge in [-0.2, -0.15) is 4.98 Å². The van der Waals surface area contributed by atoms with Gasteiger partial charge in [0.15, 0.2) is 5.82 Å². The Balaban J connectivity index is 2.20. The van der Waals surface area contributed by atoms with Gasteiger partial charge in [0.05, 0.1) is 31.7 Å². The van der Waals surface area contributed by atoms with Crippen molar-refractivity contribution in [2.24, 2.45) is 0 Å². The van der Waals surface area contributed by atoms with Crippen LogP contribution in [0.15, 0.2) is 24.8 Å². The third-order valence-corrected chi connectivity index (χ3v) is 2.53. The van der Waals surface area contributed by atoms with E-state index in [1.807, 2.05) is 11.9 Å². The zero-order valence-electron chi connectivity index (χ0n) is 10.0. The predicted octanol–water partition coefficient (Wildman–Crippen LogP) is 1.56. The monoisotopic (exact) mass is 265 g/mol. The summed E-state index contributed by atoms with van der Waals surface area (Å²) in [6, 6.07) is 0.278. The summed E-state index contributed by atoms with van der Waals surface area (Å²) in [6.45, 7) is 0.549. The minimum absolute atomic E-state index is 0.278. The lowest BCUT2D eigenvalue weighted by molar-refractivity contribution is 0.380. The topological polar surface area (TPSA) is 64.0 Å². The molecule has 0 aromatic carbocycles. The molecule has 0 aliphatic carbocycles. The van der Waals surface area contributed by atoms with E-state index >= 15 is 0 Å². The van der Waals surface area contributed by atoms with Gasteiger partial charge in [-0.05, 0) is 0 Å².